The molecule has 5 nitrogen and oxygen atoms in total. The van der Waals surface area contributed by atoms with Gasteiger partial charge in [0.25, 0.3) is 0 Å². The number of nitrogens with one attached hydrogen (secondary N) is 1. The smallest absolute Gasteiger partial charge is 0.197 e. The van der Waals surface area contributed by atoms with E-state index < -0.39 is 0 Å². The van der Waals surface area contributed by atoms with Crippen molar-refractivity contribution in [3.63, 3.8) is 0 Å². The third-order valence-corrected chi connectivity index (χ3v) is 4.32. The van der Waals surface area contributed by atoms with Gasteiger partial charge < -0.3 is 19.9 Å². The first kappa shape index (κ1) is 16.7. The van der Waals surface area contributed by atoms with Crippen LogP contribution in [0.3, 0.4) is 0 Å². The van der Waals surface area contributed by atoms with Crippen molar-refractivity contribution in [1.29, 1.82) is 0 Å². The van der Waals surface area contributed by atoms with Crippen LogP contribution in [0.25, 0.3) is 0 Å². The van der Waals surface area contributed by atoms with Gasteiger partial charge in [-0.15, -0.1) is 5.92 Å². The molecule has 1 aromatic rings. The Morgan fingerprint density at radius 2 is 2.04 bits per heavy atom. The van der Waals surface area contributed by atoms with E-state index in [1.165, 1.54) is 0 Å². The van der Waals surface area contributed by atoms with Crippen molar-refractivity contribution < 1.29 is 4.74 Å². The second kappa shape index (κ2) is 8.60. The van der Waals surface area contributed by atoms with E-state index in [9.17, 15) is 0 Å². The summed E-state index contributed by atoms with van der Waals surface area (Å²) in [5.74, 6) is 8.22. The van der Waals surface area contributed by atoms with Gasteiger partial charge in [-0.1, -0.05) is 24.1 Å². The number of nitrogens with zero attached hydrogens (tertiary/aromatic N) is 3. The molecule has 128 valence electrons. The molecule has 0 aliphatic carbocycles. The minimum absolute atomic E-state index is 0.289. The van der Waals surface area contributed by atoms with Crippen molar-refractivity contribution >= 4 is 5.96 Å². The first-order valence-corrected chi connectivity index (χ1v) is 8.72. The van der Waals surface area contributed by atoms with E-state index in [0.29, 0.717) is 6.61 Å². The Morgan fingerprint density at radius 1 is 1.25 bits per heavy atom. The molecule has 1 atom stereocenters. The maximum absolute atomic E-state index is 5.83. The second-order valence-corrected chi connectivity index (χ2v) is 6.08. The molecule has 0 saturated carbocycles. The van der Waals surface area contributed by atoms with Gasteiger partial charge in [0.15, 0.2) is 5.96 Å². The van der Waals surface area contributed by atoms with Crippen molar-refractivity contribution in [2.75, 3.05) is 45.9 Å². The minimum Gasteiger partial charge on any atom is -0.494 e. The van der Waals surface area contributed by atoms with Crippen LogP contribution in [-0.4, -0.2) is 67.7 Å². The van der Waals surface area contributed by atoms with Crippen molar-refractivity contribution in [3.05, 3.63) is 30.3 Å². The van der Waals surface area contributed by atoms with Crippen LogP contribution in [0, 0.1) is 11.8 Å². The monoisotopic (exact) mass is 326 g/mol. The molecule has 0 amide bonds. The molecule has 1 N–H and O–H groups in total. The topological polar surface area (TPSA) is 40.1 Å². The molecule has 2 aliphatic rings. The lowest BCUT2D eigenvalue weighted by atomic mass is 10.2. The van der Waals surface area contributed by atoms with Crippen molar-refractivity contribution in [2.24, 2.45) is 4.99 Å². The molecule has 5 heteroatoms. The van der Waals surface area contributed by atoms with E-state index in [0.717, 1.165) is 57.4 Å². The highest BCUT2D eigenvalue weighted by Gasteiger charge is 2.29. The highest BCUT2D eigenvalue weighted by molar-refractivity contribution is 5.82. The average Bonchev–Trinajstić information content (AvgIpc) is 3.05. The maximum atomic E-state index is 5.83. The summed E-state index contributed by atoms with van der Waals surface area (Å²) in [5, 5.41) is 3.40. The summed E-state index contributed by atoms with van der Waals surface area (Å²) in [6, 6.07) is 10.3. The molecular weight excluding hydrogens is 300 g/mol. The van der Waals surface area contributed by atoms with Gasteiger partial charge in [0, 0.05) is 39.1 Å². The fraction of sp³-hybridized carbons (Fsp3) is 0.526. The molecule has 2 heterocycles. The zero-order valence-electron chi connectivity index (χ0n) is 14.4. The lowest BCUT2D eigenvalue weighted by molar-refractivity contribution is 0.288. The number of piperazine rings is 1. The van der Waals surface area contributed by atoms with Gasteiger partial charge in [-0.2, -0.15) is 0 Å². The second-order valence-electron chi connectivity index (χ2n) is 6.08. The minimum atomic E-state index is 0.289. The van der Waals surface area contributed by atoms with E-state index in [4.69, 9.17) is 9.73 Å². The molecule has 1 saturated heterocycles. The SMILES string of the molecule is CC#CCN1CC(CCOc2ccccc2)N=C1N1CCNCC1. The third kappa shape index (κ3) is 4.42. The molecule has 0 spiro atoms. The van der Waals surface area contributed by atoms with E-state index >= 15 is 0 Å². The summed E-state index contributed by atoms with van der Waals surface area (Å²) in [7, 11) is 0. The molecule has 0 radical (unpaired) electrons. The number of hydrogen-bond acceptors (Lipinski definition) is 5. The van der Waals surface area contributed by atoms with Gasteiger partial charge in [0.1, 0.15) is 5.75 Å². The number of benzene rings is 1. The van der Waals surface area contributed by atoms with Crippen LogP contribution in [0.4, 0.5) is 0 Å². The van der Waals surface area contributed by atoms with Gasteiger partial charge in [-0.05, 0) is 19.1 Å². The lowest BCUT2D eigenvalue weighted by Gasteiger charge is -2.33. The summed E-state index contributed by atoms with van der Waals surface area (Å²) >= 11 is 0. The van der Waals surface area contributed by atoms with Gasteiger partial charge >= 0.3 is 0 Å². The molecule has 3 rings (SSSR count). The van der Waals surface area contributed by atoms with Crippen molar-refractivity contribution in [2.45, 2.75) is 19.4 Å². The molecule has 2 aliphatic heterocycles. The summed E-state index contributed by atoms with van der Waals surface area (Å²) in [4.78, 5) is 9.67. The first-order chi connectivity index (χ1) is 11.9. The molecule has 0 bridgehead atoms. The fourth-order valence-electron chi connectivity index (χ4n) is 3.06. The van der Waals surface area contributed by atoms with Gasteiger partial charge in [-0.25, -0.2) is 4.99 Å². The van der Waals surface area contributed by atoms with Crippen molar-refractivity contribution in [1.82, 2.24) is 15.1 Å². The maximum Gasteiger partial charge on any atom is 0.197 e. The van der Waals surface area contributed by atoms with E-state index in [-0.39, 0.29) is 6.04 Å². The Balaban J connectivity index is 1.56. The van der Waals surface area contributed by atoms with E-state index in [1.807, 2.05) is 37.3 Å². The standard InChI is InChI=1S/C19H26N4O/c1-2-3-12-23-16-17(9-15-24-18-7-5-4-6-8-18)21-19(23)22-13-10-20-11-14-22/h4-8,17,20H,9-16H2,1H3. The predicted octanol–water partition coefficient (Wildman–Crippen LogP) is 1.42. The number of aliphatic imine (C=N–C) groups is 1. The number of ether oxygens (including phenoxy) is 1. The Kier molecular flexibility index (Phi) is 5.97. The summed E-state index contributed by atoms with van der Waals surface area (Å²) in [6.45, 7) is 8.36. The quantitative estimate of drug-likeness (QED) is 0.831. The van der Waals surface area contributed by atoms with Crippen LogP contribution in [-0.2, 0) is 0 Å². The number of para-hydroxylation sites is 1. The molecule has 24 heavy (non-hydrogen) atoms. The van der Waals surface area contributed by atoms with E-state index in [1.54, 1.807) is 0 Å². The van der Waals surface area contributed by atoms with Crippen molar-refractivity contribution in [3.8, 4) is 17.6 Å². The van der Waals surface area contributed by atoms with Gasteiger partial charge in [-0.3, -0.25) is 0 Å². The summed E-state index contributed by atoms with van der Waals surface area (Å²) < 4.78 is 5.83. The van der Waals surface area contributed by atoms with Crippen LogP contribution >= 0.6 is 0 Å². The van der Waals surface area contributed by atoms with Crippen LogP contribution in [0.5, 0.6) is 5.75 Å². The Labute approximate surface area is 144 Å². The molecule has 1 unspecified atom stereocenters. The van der Waals surface area contributed by atoms with Crippen LogP contribution in [0.1, 0.15) is 13.3 Å². The summed E-state index contributed by atoms with van der Waals surface area (Å²) in [6.07, 6.45) is 0.931. The molecular formula is C19H26N4O. The first-order valence-electron chi connectivity index (χ1n) is 8.72. The average molecular weight is 326 g/mol. The van der Waals surface area contributed by atoms with E-state index in [2.05, 4.69) is 27.0 Å². The Bertz CT molecular complexity index is 599. The van der Waals surface area contributed by atoms with Crippen LogP contribution in [0.15, 0.2) is 35.3 Å². The highest BCUT2D eigenvalue weighted by Crippen LogP contribution is 2.16. The largest absolute Gasteiger partial charge is 0.494 e. The van der Waals surface area contributed by atoms with Gasteiger partial charge in [0.05, 0.1) is 19.2 Å². The normalized spacial score (nSPS) is 20.4. The van der Waals surface area contributed by atoms with Crippen LogP contribution in [0.2, 0.25) is 0 Å². The highest BCUT2D eigenvalue weighted by atomic mass is 16.5. The predicted molar refractivity (Wildman–Crippen MR) is 97.2 cm³/mol. The number of guanidine groups is 1. The molecule has 1 aromatic carbocycles. The fourth-order valence-corrected chi connectivity index (χ4v) is 3.06. The Morgan fingerprint density at radius 3 is 2.79 bits per heavy atom. The third-order valence-electron chi connectivity index (χ3n) is 4.32. The summed E-state index contributed by atoms with van der Waals surface area (Å²) in [5.41, 5.74) is 0. The lowest BCUT2D eigenvalue weighted by Crippen LogP contribution is -2.51. The molecule has 0 aromatic heterocycles. The zero-order chi connectivity index (χ0) is 16.6. The number of hydrogen-bond donors (Lipinski definition) is 1. The zero-order valence-corrected chi connectivity index (χ0v) is 14.4. The Hall–Kier alpha value is -2.19. The van der Waals surface area contributed by atoms with Crippen LogP contribution < -0.4 is 10.1 Å². The molecule has 1 fully saturated rings. The number of rotatable bonds is 5. The van der Waals surface area contributed by atoms with Gasteiger partial charge in [0.2, 0.25) is 0 Å².